The number of allylic oxidation sites excluding steroid dienone is 8. The Morgan fingerprint density at radius 2 is 1.97 bits per heavy atom. The third-order valence-electron chi connectivity index (χ3n) is 5.12. The Bertz CT molecular complexity index is 1160. The molecular formula is C27H26N2O3. The van der Waals surface area contributed by atoms with Crippen molar-refractivity contribution in [3.8, 4) is 12.1 Å². The number of esters is 1. The molecule has 0 amide bonds. The Morgan fingerprint density at radius 1 is 1.25 bits per heavy atom. The molecule has 0 fully saturated rings. The highest BCUT2D eigenvalue weighted by Gasteiger charge is 2.32. The van der Waals surface area contributed by atoms with Crippen molar-refractivity contribution in [3.05, 3.63) is 106 Å². The van der Waals surface area contributed by atoms with Crippen molar-refractivity contribution in [2.75, 3.05) is 6.61 Å². The molecule has 0 radical (unpaired) electrons. The largest absolute Gasteiger partial charge is 0.508 e. The molecule has 0 aromatic heterocycles. The van der Waals surface area contributed by atoms with Gasteiger partial charge in [0.2, 0.25) is 0 Å². The lowest BCUT2D eigenvalue weighted by atomic mass is 9.78. The smallest absolute Gasteiger partial charge is 0.335 e. The van der Waals surface area contributed by atoms with E-state index in [9.17, 15) is 15.2 Å². The third kappa shape index (κ3) is 5.53. The van der Waals surface area contributed by atoms with Crippen LogP contribution in [-0.4, -0.2) is 17.7 Å². The van der Waals surface area contributed by atoms with Crippen LogP contribution in [0.1, 0.15) is 42.9 Å². The number of nitriles is 2. The van der Waals surface area contributed by atoms with Crippen molar-refractivity contribution in [2.45, 2.75) is 33.1 Å². The normalized spacial score (nSPS) is 15.0. The van der Waals surface area contributed by atoms with Gasteiger partial charge < -0.3 is 9.84 Å². The Hall–Kier alpha value is -4.09. The van der Waals surface area contributed by atoms with Gasteiger partial charge in [0.15, 0.2) is 0 Å². The zero-order chi connectivity index (χ0) is 23.8. The molecule has 1 aromatic carbocycles. The zero-order valence-corrected chi connectivity index (χ0v) is 18.6. The predicted molar refractivity (Wildman–Crippen MR) is 124 cm³/mol. The highest BCUT2D eigenvalue weighted by atomic mass is 16.5. The number of ether oxygens (including phenoxy) is 1. The van der Waals surface area contributed by atoms with Crippen molar-refractivity contribution >= 4 is 5.97 Å². The SMILES string of the molecule is C=C/C(C)=C(/C(=O)OCCC#N)C(C1=CC(C)=CC(=C)C=C1O)c1ccc(C#N)cc1C. The summed E-state index contributed by atoms with van der Waals surface area (Å²) < 4.78 is 5.38. The summed E-state index contributed by atoms with van der Waals surface area (Å²) in [6.07, 6.45) is 6.83. The highest BCUT2D eigenvalue weighted by Crippen LogP contribution is 2.41. The molecule has 0 saturated carbocycles. The van der Waals surface area contributed by atoms with E-state index in [1.165, 1.54) is 0 Å². The molecule has 0 heterocycles. The topological polar surface area (TPSA) is 94.1 Å². The van der Waals surface area contributed by atoms with Crippen molar-refractivity contribution < 1.29 is 14.6 Å². The maximum atomic E-state index is 13.2. The van der Waals surface area contributed by atoms with E-state index in [4.69, 9.17) is 10.00 Å². The van der Waals surface area contributed by atoms with E-state index in [1.807, 2.05) is 32.1 Å². The van der Waals surface area contributed by atoms with Gasteiger partial charge in [-0.2, -0.15) is 10.5 Å². The molecule has 2 rings (SSSR count). The average Bonchev–Trinajstić information content (AvgIpc) is 2.88. The second-order valence-corrected chi connectivity index (χ2v) is 7.55. The van der Waals surface area contributed by atoms with Crippen LogP contribution in [0.3, 0.4) is 0 Å². The number of nitrogens with zero attached hydrogens (tertiary/aromatic N) is 2. The molecule has 1 aliphatic carbocycles. The molecule has 32 heavy (non-hydrogen) atoms. The number of carbonyl (C=O) groups is 1. The summed E-state index contributed by atoms with van der Waals surface area (Å²) in [5.74, 6) is -1.30. The van der Waals surface area contributed by atoms with Crippen LogP contribution in [0.25, 0.3) is 0 Å². The van der Waals surface area contributed by atoms with Crippen molar-refractivity contribution in [2.24, 2.45) is 0 Å². The third-order valence-corrected chi connectivity index (χ3v) is 5.12. The second-order valence-electron chi connectivity index (χ2n) is 7.55. The minimum atomic E-state index is -0.694. The summed E-state index contributed by atoms with van der Waals surface area (Å²) in [7, 11) is 0. The first-order chi connectivity index (χ1) is 15.2. The van der Waals surface area contributed by atoms with Gasteiger partial charge in [0.05, 0.1) is 29.7 Å². The van der Waals surface area contributed by atoms with E-state index in [0.29, 0.717) is 27.9 Å². The maximum absolute atomic E-state index is 13.2. The van der Waals surface area contributed by atoms with E-state index in [-0.39, 0.29) is 18.8 Å². The molecule has 0 bridgehead atoms. The molecule has 1 aromatic rings. The first-order valence-electron chi connectivity index (χ1n) is 10.1. The molecule has 5 nitrogen and oxygen atoms in total. The van der Waals surface area contributed by atoms with Crippen molar-refractivity contribution in [1.29, 1.82) is 10.5 Å². The summed E-state index contributed by atoms with van der Waals surface area (Å²) in [6.45, 7) is 13.2. The number of rotatable bonds is 7. The van der Waals surface area contributed by atoms with Gasteiger partial charge >= 0.3 is 5.97 Å². The van der Waals surface area contributed by atoms with E-state index < -0.39 is 11.9 Å². The summed E-state index contributed by atoms with van der Waals surface area (Å²) in [5.41, 5.74) is 4.89. The Kier molecular flexibility index (Phi) is 8.16. The molecule has 5 heteroatoms. The number of aliphatic hydroxyl groups excluding tert-OH is 1. The number of aryl methyl sites for hydroxylation is 1. The predicted octanol–water partition coefficient (Wildman–Crippen LogP) is 5.79. The molecule has 1 atom stereocenters. The van der Waals surface area contributed by atoms with Gasteiger partial charge in [-0.3, -0.25) is 0 Å². The number of aliphatic hydroxyl groups is 1. The van der Waals surface area contributed by atoms with Crippen LogP contribution in [0, 0.1) is 29.6 Å². The first-order valence-corrected chi connectivity index (χ1v) is 10.1. The molecule has 0 saturated heterocycles. The molecule has 1 aliphatic rings. The van der Waals surface area contributed by atoms with Gasteiger partial charge in [-0.25, -0.2) is 4.79 Å². The lowest BCUT2D eigenvalue weighted by molar-refractivity contribution is -0.139. The fourth-order valence-corrected chi connectivity index (χ4v) is 3.62. The van der Waals surface area contributed by atoms with Crippen LogP contribution in [0.5, 0.6) is 0 Å². The first kappa shape index (κ1) is 24.2. The maximum Gasteiger partial charge on any atom is 0.335 e. The Morgan fingerprint density at radius 3 is 2.56 bits per heavy atom. The van der Waals surface area contributed by atoms with E-state index >= 15 is 0 Å². The lowest BCUT2D eigenvalue weighted by Gasteiger charge is -2.26. The quantitative estimate of drug-likeness (QED) is 0.258. The highest BCUT2D eigenvalue weighted by molar-refractivity contribution is 5.93. The number of carbonyl (C=O) groups excluding carboxylic acids is 1. The molecule has 1 N–H and O–H groups in total. The van der Waals surface area contributed by atoms with Crippen molar-refractivity contribution in [1.82, 2.24) is 0 Å². The van der Waals surface area contributed by atoms with Crippen molar-refractivity contribution in [3.63, 3.8) is 0 Å². The monoisotopic (exact) mass is 426 g/mol. The van der Waals surface area contributed by atoms with E-state index in [2.05, 4.69) is 19.2 Å². The van der Waals surface area contributed by atoms with Gasteiger partial charge in [0, 0.05) is 11.5 Å². The number of hydrogen-bond acceptors (Lipinski definition) is 5. The average molecular weight is 427 g/mol. The fourth-order valence-electron chi connectivity index (χ4n) is 3.62. The lowest BCUT2D eigenvalue weighted by Crippen LogP contribution is -2.20. The molecular weight excluding hydrogens is 400 g/mol. The Balaban J connectivity index is 2.82. The van der Waals surface area contributed by atoms with Gasteiger partial charge in [-0.1, -0.05) is 43.0 Å². The summed E-state index contributed by atoms with van der Waals surface area (Å²) in [4.78, 5) is 13.2. The minimum Gasteiger partial charge on any atom is -0.508 e. The van der Waals surface area contributed by atoms with Gasteiger partial charge in [0.1, 0.15) is 12.4 Å². The number of hydrogen-bond donors (Lipinski definition) is 1. The second kappa shape index (κ2) is 10.8. The molecule has 0 aliphatic heterocycles. The van der Waals surface area contributed by atoms with Gasteiger partial charge in [0.25, 0.3) is 0 Å². The zero-order valence-electron chi connectivity index (χ0n) is 18.6. The van der Waals surface area contributed by atoms with E-state index in [0.717, 1.165) is 16.7 Å². The fraction of sp³-hybridized carbons (Fsp3) is 0.222. The summed E-state index contributed by atoms with van der Waals surface area (Å²) >= 11 is 0. The van der Waals surface area contributed by atoms with Crippen LogP contribution < -0.4 is 0 Å². The standard InChI is InChI=1S/C27H26N2O3/c1-6-19(4)25(27(31)32-11-7-10-28)26(22-9-8-21(16-29)15-20(22)5)23-13-17(2)12-18(3)14-24(23)30/h6,8-9,12-15,26,30H,1,3,7,11H2,2,4-5H3/b25-19+. The molecule has 0 spiro atoms. The Labute approximate surface area is 189 Å². The molecule has 1 unspecified atom stereocenters. The summed E-state index contributed by atoms with van der Waals surface area (Å²) in [6, 6.07) is 9.27. The minimum absolute atomic E-state index is 0.0175. The number of benzene rings is 1. The van der Waals surface area contributed by atoms with Crippen LogP contribution in [0.4, 0.5) is 0 Å². The van der Waals surface area contributed by atoms with Crippen LogP contribution in [-0.2, 0) is 9.53 Å². The van der Waals surface area contributed by atoms with Crippen LogP contribution in [0.2, 0.25) is 0 Å². The van der Waals surface area contributed by atoms with Crippen LogP contribution >= 0.6 is 0 Å². The van der Waals surface area contributed by atoms with Gasteiger partial charge in [-0.15, -0.1) is 0 Å². The summed E-state index contributed by atoms with van der Waals surface area (Å²) in [5, 5.41) is 29.0. The molecule has 162 valence electrons. The van der Waals surface area contributed by atoms with E-state index in [1.54, 1.807) is 37.3 Å². The van der Waals surface area contributed by atoms with Crippen LogP contribution in [0.15, 0.2) is 89.3 Å². The van der Waals surface area contributed by atoms with Gasteiger partial charge in [-0.05, 0) is 61.3 Å².